The highest BCUT2D eigenvalue weighted by molar-refractivity contribution is 5.55. The van der Waals surface area contributed by atoms with Crippen LogP contribution in [0.4, 0.5) is 13.2 Å². The summed E-state index contributed by atoms with van der Waals surface area (Å²) >= 11 is 0. The molecule has 0 saturated carbocycles. The lowest BCUT2D eigenvalue weighted by Crippen LogP contribution is -2.06. The lowest BCUT2D eigenvalue weighted by molar-refractivity contribution is -0.137. The number of unbranched alkanes of at least 4 members (excludes halogenated alkanes) is 1. The Morgan fingerprint density at radius 2 is 1.83 bits per heavy atom. The van der Waals surface area contributed by atoms with E-state index in [1.807, 2.05) is 6.92 Å². The number of benzene rings is 1. The number of ether oxygens (including phenoxy) is 1. The Morgan fingerprint density at radius 3 is 2.39 bits per heavy atom. The van der Waals surface area contributed by atoms with E-state index in [0.29, 0.717) is 37.0 Å². The van der Waals surface area contributed by atoms with Gasteiger partial charge in [-0.15, -0.1) is 0 Å². The van der Waals surface area contributed by atoms with Crippen LogP contribution in [-0.2, 0) is 24.1 Å². The zero-order valence-electron chi connectivity index (χ0n) is 13.2. The summed E-state index contributed by atoms with van der Waals surface area (Å²) in [6, 6.07) is 4.86. The van der Waals surface area contributed by atoms with Gasteiger partial charge in [-0.3, -0.25) is 0 Å². The van der Waals surface area contributed by atoms with E-state index in [1.165, 1.54) is 12.1 Å². The molecule has 0 aliphatic rings. The van der Waals surface area contributed by atoms with Gasteiger partial charge in [0.15, 0.2) is 11.6 Å². The average Bonchev–Trinajstić information content (AvgIpc) is 2.94. The van der Waals surface area contributed by atoms with Crippen molar-refractivity contribution in [3.8, 4) is 11.4 Å². The lowest BCUT2D eigenvalue weighted by Gasteiger charge is -2.06. The summed E-state index contributed by atoms with van der Waals surface area (Å²) in [4.78, 5) is 4.39. The Morgan fingerprint density at radius 1 is 1.13 bits per heavy atom. The zero-order valence-corrected chi connectivity index (χ0v) is 13.2. The molecule has 0 spiro atoms. The van der Waals surface area contributed by atoms with Gasteiger partial charge in [0.25, 0.3) is 0 Å². The van der Waals surface area contributed by atoms with Crippen LogP contribution in [0.3, 0.4) is 0 Å². The molecule has 0 aliphatic heterocycles. The van der Waals surface area contributed by atoms with Crippen LogP contribution in [0.5, 0.6) is 0 Å². The van der Waals surface area contributed by atoms with Gasteiger partial charge >= 0.3 is 6.18 Å². The molecular weight excluding hydrogens is 307 g/mol. The van der Waals surface area contributed by atoms with Crippen molar-refractivity contribution < 1.29 is 17.9 Å². The van der Waals surface area contributed by atoms with Crippen LogP contribution in [0, 0.1) is 0 Å². The van der Waals surface area contributed by atoms with E-state index in [2.05, 4.69) is 17.0 Å². The molecule has 23 heavy (non-hydrogen) atoms. The van der Waals surface area contributed by atoms with Crippen molar-refractivity contribution in [3.63, 3.8) is 0 Å². The first-order chi connectivity index (χ1) is 11.0. The maximum absolute atomic E-state index is 12.6. The molecule has 0 N–H and O–H groups in total. The topological polar surface area (TPSA) is 39.9 Å². The van der Waals surface area contributed by atoms with Crippen LogP contribution in [0.1, 0.15) is 38.1 Å². The number of halogens is 3. The second-order valence-electron chi connectivity index (χ2n) is 5.15. The Kier molecular flexibility index (Phi) is 5.76. The van der Waals surface area contributed by atoms with Crippen molar-refractivity contribution in [3.05, 3.63) is 35.7 Å². The maximum atomic E-state index is 12.6. The molecule has 1 aromatic heterocycles. The zero-order chi connectivity index (χ0) is 16.9. The maximum Gasteiger partial charge on any atom is 0.416 e. The molecule has 0 unspecified atom stereocenters. The minimum Gasteiger partial charge on any atom is -0.373 e. The summed E-state index contributed by atoms with van der Waals surface area (Å²) in [5.74, 6) is 1.09. The summed E-state index contributed by atoms with van der Waals surface area (Å²) in [5, 5.41) is 4.33. The van der Waals surface area contributed by atoms with Gasteiger partial charge in [-0.1, -0.05) is 25.5 Å². The van der Waals surface area contributed by atoms with E-state index in [0.717, 1.165) is 25.0 Å². The van der Waals surface area contributed by atoms with Gasteiger partial charge in [0.05, 0.1) is 5.56 Å². The van der Waals surface area contributed by atoms with Crippen molar-refractivity contribution in [2.75, 3.05) is 6.61 Å². The third-order valence-electron chi connectivity index (χ3n) is 3.39. The van der Waals surface area contributed by atoms with Crippen LogP contribution >= 0.6 is 0 Å². The Labute approximate surface area is 133 Å². The first kappa shape index (κ1) is 17.5. The molecule has 126 valence electrons. The minimum absolute atomic E-state index is 0.349. The molecule has 0 amide bonds. The fraction of sp³-hybridized carbons (Fsp3) is 0.500. The van der Waals surface area contributed by atoms with Crippen molar-refractivity contribution in [1.29, 1.82) is 0 Å². The number of alkyl halides is 3. The summed E-state index contributed by atoms with van der Waals surface area (Å²) < 4.78 is 45.0. The normalized spacial score (nSPS) is 11.9. The first-order valence-corrected chi connectivity index (χ1v) is 7.64. The van der Waals surface area contributed by atoms with Crippen LogP contribution in [0.15, 0.2) is 24.3 Å². The number of aromatic nitrogens is 3. The molecular formula is C16H20F3N3O. The Balaban J connectivity index is 2.15. The van der Waals surface area contributed by atoms with Crippen LogP contribution in [0.25, 0.3) is 11.4 Å². The van der Waals surface area contributed by atoms with Crippen LogP contribution in [0.2, 0.25) is 0 Å². The van der Waals surface area contributed by atoms with E-state index in [1.54, 1.807) is 4.68 Å². The fourth-order valence-electron chi connectivity index (χ4n) is 2.07. The standard InChI is InChI=1S/C16H20F3N3O/c1-3-5-10-23-11-14-20-15(21-22(14)4-2)12-6-8-13(9-7-12)16(17,18)19/h6-9H,3-5,10-11H2,1-2H3. The van der Waals surface area contributed by atoms with E-state index in [4.69, 9.17) is 4.74 Å². The monoisotopic (exact) mass is 327 g/mol. The molecule has 0 aliphatic carbocycles. The largest absolute Gasteiger partial charge is 0.416 e. The summed E-state index contributed by atoms with van der Waals surface area (Å²) in [6.45, 7) is 5.64. The number of rotatable bonds is 7. The molecule has 7 heteroatoms. The van der Waals surface area contributed by atoms with Crippen molar-refractivity contribution in [2.45, 2.75) is 46.0 Å². The van der Waals surface area contributed by atoms with Gasteiger partial charge in [0.1, 0.15) is 6.61 Å². The van der Waals surface area contributed by atoms with Gasteiger partial charge in [0, 0.05) is 18.7 Å². The third kappa shape index (κ3) is 4.54. The minimum atomic E-state index is -4.34. The summed E-state index contributed by atoms with van der Waals surface area (Å²) in [6.07, 6.45) is -2.31. The third-order valence-corrected chi connectivity index (χ3v) is 3.39. The molecule has 0 fully saturated rings. The highest BCUT2D eigenvalue weighted by Gasteiger charge is 2.30. The van der Waals surface area contributed by atoms with Crippen LogP contribution < -0.4 is 0 Å². The number of hydrogen-bond donors (Lipinski definition) is 0. The molecule has 4 nitrogen and oxygen atoms in total. The van der Waals surface area contributed by atoms with Gasteiger partial charge in [-0.2, -0.15) is 18.3 Å². The quantitative estimate of drug-likeness (QED) is 0.712. The van der Waals surface area contributed by atoms with E-state index >= 15 is 0 Å². The Bertz CT molecular complexity index is 620. The first-order valence-electron chi connectivity index (χ1n) is 7.64. The predicted molar refractivity (Wildman–Crippen MR) is 80.7 cm³/mol. The van der Waals surface area contributed by atoms with Gasteiger partial charge in [-0.05, 0) is 25.5 Å². The van der Waals surface area contributed by atoms with Crippen molar-refractivity contribution in [2.24, 2.45) is 0 Å². The SMILES string of the molecule is CCCCOCc1nc(-c2ccc(C(F)(F)F)cc2)nn1CC. The van der Waals surface area contributed by atoms with E-state index in [9.17, 15) is 13.2 Å². The Hall–Kier alpha value is -1.89. The molecule has 0 bridgehead atoms. The highest BCUT2D eigenvalue weighted by atomic mass is 19.4. The van der Waals surface area contributed by atoms with Gasteiger partial charge < -0.3 is 4.74 Å². The second kappa shape index (κ2) is 7.59. The summed E-state index contributed by atoms with van der Waals surface area (Å²) in [7, 11) is 0. The molecule has 2 aromatic rings. The average molecular weight is 327 g/mol. The molecule has 0 saturated heterocycles. The molecule has 0 atom stereocenters. The summed E-state index contributed by atoms with van der Waals surface area (Å²) in [5.41, 5.74) is -0.126. The molecule has 1 aromatic carbocycles. The smallest absolute Gasteiger partial charge is 0.373 e. The fourth-order valence-corrected chi connectivity index (χ4v) is 2.07. The number of aryl methyl sites for hydroxylation is 1. The number of nitrogens with zero attached hydrogens (tertiary/aromatic N) is 3. The number of hydrogen-bond acceptors (Lipinski definition) is 3. The van der Waals surface area contributed by atoms with Gasteiger partial charge in [-0.25, -0.2) is 9.67 Å². The second-order valence-corrected chi connectivity index (χ2v) is 5.15. The predicted octanol–water partition coefficient (Wildman–Crippen LogP) is 4.30. The van der Waals surface area contributed by atoms with Gasteiger partial charge in [0.2, 0.25) is 0 Å². The molecule has 2 rings (SSSR count). The van der Waals surface area contributed by atoms with E-state index in [-0.39, 0.29) is 0 Å². The van der Waals surface area contributed by atoms with E-state index < -0.39 is 11.7 Å². The molecule has 0 radical (unpaired) electrons. The highest BCUT2D eigenvalue weighted by Crippen LogP contribution is 2.30. The van der Waals surface area contributed by atoms with Crippen LogP contribution in [-0.4, -0.2) is 21.4 Å². The van der Waals surface area contributed by atoms with Crippen molar-refractivity contribution in [1.82, 2.24) is 14.8 Å². The molecule has 1 heterocycles. The van der Waals surface area contributed by atoms with Crippen molar-refractivity contribution >= 4 is 0 Å². The lowest BCUT2D eigenvalue weighted by atomic mass is 10.1.